The number of urea groups is 1. The summed E-state index contributed by atoms with van der Waals surface area (Å²) in [6, 6.07) is 35.3. The van der Waals surface area contributed by atoms with Gasteiger partial charge in [0.1, 0.15) is 6.04 Å². The van der Waals surface area contributed by atoms with E-state index in [0.29, 0.717) is 24.2 Å². The minimum Gasteiger partial charge on any atom is -0.480 e. The van der Waals surface area contributed by atoms with E-state index < -0.39 is 24.0 Å². The van der Waals surface area contributed by atoms with E-state index in [1.165, 1.54) is 4.90 Å². The molecule has 2 saturated heterocycles. The summed E-state index contributed by atoms with van der Waals surface area (Å²) in [4.78, 5) is 46.4. The second kappa shape index (κ2) is 11.3. The largest absolute Gasteiger partial charge is 0.480 e. The van der Waals surface area contributed by atoms with Crippen LogP contribution < -0.4 is 4.90 Å². The van der Waals surface area contributed by atoms with Crippen LogP contribution in [0.15, 0.2) is 121 Å². The smallest absolute Gasteiger partial charge is 0.329 e. The van der Waals surface area contributed by atoms with Crippen molar-refractivity contribution in [1.82, 2.24) is 9.80 Å². The summed E-state index contributed by atoms with van der Waals surface area (Å²) in [5.74, 6) is -2.01. The van der Waals surface area contributed by atoms with E-state index in [4.69, 9.17) is 0 Å². The van der Waals surface area contributed by atoms with Gasteiger partial charge in [-0.2, -0.15) is 0 Å². The summed E-state index contributed by atoms with van der Waals surface area (Å²) in [7, 11) is 0. The number of fused-ring (bicyclic) bond motifs is 2. The zero-order chi connectivity index (χ0) is 28.3. The molecular weight excluding hydrogens is 514 g/mol. The summed E-state index contributed by atoms with van der Waals surface area (Å²) in [6.45, 7) is 0.158. The highest BCUT2D eigenvalue weighted by Crippen LogP contribution is 2.40. The van der Waals surface area contributed by atoms with Gasteiger partial charge in [-0.25, -0.2) is 9.59 Å². The fourth-order valence-electron chi connectivity index (χ4n) is 6.35. The van der Waals surface area contributed by atoms with Gasteiger partial charge in [-0.3, -0.25) is 9.69 Å². The molecule has 206 valence electrons. The summed E-state index contributed by atoms with van der Waals surface area (Å²) < 4.78 is 0. The number of carboxylic acid groups (broad SMARTS) is 1. The Morgan fingerprint density at radius 1 is 0.683 bits per heavy atom. The predicted octanol–water partition coefficient (Wildman–Crippen LogP) is 5.91. The third kappa shape index (κ3) is 4.95. The molecule has 41 heavy (non-hydrogen) atoms. The molecule has 2 fully saturated rings. The van der Waals surface area contributed by atoms with E-state index in [1.807, 2.05) is 121 Å². The van der Waals surface area contributed by atoms with Crippen molar-refractivity contribution in [3.05, 3.63) is 132 Å². The molecule has 2 bridgehead atoms. The van der Waals surface area contributed by atoms with E-state index in [9.17, 15) is 19.5 Å². The van der Waals surface area contributed by atoms with Crippen molar-refractivity contribution in [2.75, 3.05) is 11.4 Å². The number of aliphatic carboxylic acids is 1. The number of likely N-dealkylation sites (tertiary alicyclic amines) is 1. The van der Waals surface area contributed by atoms with Gasteiger partial charge in [0.05, 0.1) is 29.4 Å². The molecule has 6 rings (SSSR count). The van der Waals surface area contributed by atoms with Crippen molar-refractivity contribution >= 4 is 29.3 Å². The van der Waals surface area contributed by atoms with Crippen molar-refractivity contribution < 1.29 is 19.5 Å². The molecule has 0 saturated carbocycles. The van der Waals surface area contributed by atoms with E-state index >= 15 is 0 Å². The maximum atomic E-state index is 14.3. The van der Waals surface area contributed by atoms with Gasteiger partial charge in [0.2, 0.25) is 5.91 Å². The quantitative estimate of drug-likeness (QED) is 0.327. The van der Waals surface area contributed by atoms with Crippen molar-refractivity contribution in [1.29, 1.82) is 0 Å². The third-order valence-electron chi connectivity index (χ3n) is 8.14. The number of anilines is 2. The molecule has 0 spiro atoms. The number of hydrogen-bond donors (Lipinski definition) is 1. The number of carbonyl (C=O) groups is 3. The molecular formula is C34H31N3O4. The molecule has 3 amide bonds. The van der Waals surface area contributed by atoms with Crippen molar-refractivity contribution in [2.45, 2.75) is 36.9 Å². The van der Waals surface area contributed by atoms with Crippen LogP contribution in [0.1, 0.15) is 29.9 Å². The molecule has 4 aromatic rings. The first-order valence-electron chi connectivity index (χ1n) is 13.9. The molecule has 0 aromatic heterocycles. The average molecular weight is 546 g/mol. The Hall–Kier alpha value is -4.91. The zero-order valence-electron chi connectivity index (χ0n) is 22.5. The molecule has 0 aliphatic carbocycles. The van der Waals surface area contributed by atoms with E-state index in [0.717, 1.165) is 11.1 Å². The lowest BCUT2D eigenvalue weighted by atomic mass is 9.88. The molecule has 2 aliphatic heterocycles. The van der Waals surface area contributed by atoms with Gasteiger partial charge in [-0.05, 0) is 48.2 Å². The first-order chi connectivity index (χ1) is 20.0. The molecule has 0 unspecified atom stereocenters. The van der Waals surface area contributed by atoms with Crippen LogP contribution in [0.5, 0.6) is 0 Å². The number of carbonyl (C=O) groups excluding carboxylic acids is 2. The molecule has 2 heterocycles. The van der Waals surface area contributed by atoms with E-state index in [-0.39, 0.29) is 24.5 Å². The predicted molar refractivity (Wildman–Crippen MR) is 157 cm³/mol. The van der Waals surface area contributed by atoms with Crippen LogP contribution >= 0.6 is 0 Å². The van der Waals surface area contributed by atoms with Crippen LogP contribution in [-0.4, -0.2) is 57.5 Å². The Bertz CT molecular complexity index is 1440. The topological polar surface area (TPSA) is 81.2 Å². The van der Waals surface area contributed by atoms with Crippen molar-refractivity contribution in [3.63, 3.8) is 0 Å². The molecule has 1 N–H and O–H groups in total. The van der Waals surface area contributed by atoms with Gasteiger partial charge < -0.3 is 14.9 Å². The van der Waals surface area contributed by atoms with Gasteiger partial charge in [0.25, 0.3) is 0 Å². The normalized spacial score (nSPS) is 19.7. The van der Waals surface area contributed by atoms with Gasteiger partial charge in [0.15, 0.2) is 0 Å². The number of hydrogen-bond acceptors (Lipinski definition) is 3. The Balaban J connectivity index is 1.36. The summed E-state index contributed by atoms with van der Waals surface area (Å²) in [5, 5.41) is 10.5. The van der Waals surface area contributed by atoms with Crippen LogP contribution in [-0.2, 0) is 9.59 Å². The third-order valence-corrected chi connectivity index (χ3v) is 8.14. The number of nitrogens with zero attached hydrogens (tertiary/aromatic N) is 3. The molecule has 2 aliphatic rings. The Morgan fingerprint density at radius 3 is 1.61 bits per heavy atom. The van der Waals surface area contributed by atoms with Crippen LogP contribution in [0.4, 0.5) is 16.2 Å². The minimum absolute atomic E-state index is 0.158. The van der Waals surface area contributed by atoms with Crippen LogP contribution in [0.3, 0.4) is 0 Å². The van der Waals surface area contributed by atoms with Crippen molar-refractivity contribution in [3.8, 4) is 0 Å². The van der Waals surface area contributed by atoms with Crippen LogP contribution in [0, 0.1) is 0 Å². The Kier molecular flexibility index (Phi) is 7.25. The number of amides is 3. The summed E-state index contributed by atoms with van der Waals surface area (Å²) in [5.41, 5.74) is 3.00. The number of para-hydroxylation sites is 2. The number of carboxylic acids is 1. The maximum Gasteiger partial charge on any atom is 0.329 e. The zero-order valence-corrected chi connectivity index (χ0v) is 22.5. The highest BCUT2D eigenvalue weighted by molar-refractivity contribution is 6.01. The highest BCUT2D eigenvalue weighted by atomic mass is 16.4. The lowest BCUT2D eigenvalue weighted by Gasteiger charge is -2.47. The number of piperazine rings is 1. The first-order valence-corrected chi connectivity index (χ1v) is 13.9. The van der Waals surface area contributed by atoms with Gasteiger partial charge >= 0.3 is 12.0 Å². The number of benzene rings is 4. The molecule has 3 atom stereocenters. The summed E-state index contributed by atoms with van der Waals surface area (Å²) >= 11 is 0. The molecule has 7 nitrogen and oxygen atoms in total. The standard InChI is InChI=1S/C34H31N3O4/c38-32(30(24-13-5-1-6-14-24)25-15-7-2-8-16-25)35-23-28-21-22-29(31(35)33(39)40)37(28)34(41)36(26-17-9-3-10-18-26)27-19-11-4-12-20-27/h1-20,28-31H,21-23H2,(H,39,40)/t28-,29+,31-/m0/s1. The summed E-state index contributed by atoms with van der Waals surface area (Å²) in [6.07, 6.45) is 1.14. The van der Waals surface area contributed by atoms with Crippen LogP contribution in [0.25, 0.3) is 0 Å². The molecule has 7 heteroatoms. The SMILES string of the molecule is O=C(O)[C@@H]1[C@H]2CC[C@@H](CN1C(=O)C(c1ccccc1)c1ccccc1)N2C(=O)N(c1ccccc1)c1ccccc1. The lowest BCUT2D eigenvalue weighted by molar-refractivity contribution is -0.156. The minimum atomic E-state index is -1.16. The Morgan fingerprint density at radius 2 is 1.15 bits per heavy atom. The van der Waals surface area contributed by atoms with Gasteiger partial charge in [-0.15, -0.1) is 0 Å². The first kappa shape index (κ1) is 26.3. The highest BCUT2D eigenvalue weighted by Gasteiger charge is 2.54. The van der Waals surface area contributed by atoms with Crippen molar-refractivity contribution in [2.24, 2.45) is 0 Å². The Labute approximate surface area is 239 Å². The van der Waals surface area contributed by atoms with E-state index in [2.05, 4.69) is 0 Å². The fourth-order valence-corrected chi connectivity index (χ4v) is 6.35. The van der Waals surface area contributed by atoms with Crippen LogP contribution in [0.2, 0.25) is 0 Å². The molecule has 4 aromatic carbocycles. The second-order valence-electron chi connectivity index (χ2n) is 10.5. The fraction of sp³-hybridized carbons (Fsp3) is 0.206. The van der Waals surface area contributed by atoms with Gasteiger partial charge in [0, 0.05) is 6.54 Å². The van der Waals surface area contributed by atoms with E-state index in [1.54, 1.807) is 9.80 Å². The second-order valence-corrected chi connectivity index (χ2v) is 10.5. The molecule has 0 radical (unpaired) electrons. The monoisotopic (exact) mass is 545 g/mol. The average Bonchev–Trinajstić information content (AvgIpc) is 3.31. The lowest BCUT2D eigenvalue weighted by Crippen LogP contribution is -2.66. The number of rotatable bonds is 6. The maximum absolute atomic E-state index is 14.3. The van der Waals surface area contributed by atoms with Gasteiger partial charge in [-0.1, -0.05) is 97.1 Å².